The number of halogens is 1. The van der Waals surface area contributed by atoms with Crippen molar-refractivity contribution in [2.45, 2.75) is 25.9 Å². The maximum Gasteiger partial charge on any atom is 0.253 e. The van der Waals surface area contributed by atoms with Gasteiger partial charge in [-0.2, -0.15) is 0 Å². The lowest BCUT2D eigenvalue weighted by Gasteiger charge is -2.19. The molecule has 1 atom stereocenters. The van der Waals surface area contributed by atoms with Crippen molar-refractivity contribution in [1.82, 2.24) is 20.2 Å². The molecule has 1 aromatic heterocycles. The van der Waals surface area contributed by atoms with E-state index in [4.69, 9.17) is 11.6 Å². The highest BCUT2D eigenvalue weighted by Crippen LogP contribution is 2.20. The maximum absolute atomic E-state index is 12.8. The van der Waals surface area contributed by atoms with Gasteiger partial charge in [0.05, 0.1) is 34.1 Å². The highest BCUT2D eigenvalue weighted by Gasteiger charge is 2.20. The van der Waals surface area contributed by atoms with Gasteiger partial charge in [-0.25, -0.2) is 4.98 Å². The summed E-state index contributed by atoms with van der Waals surface area (Å²) in [5.74, 6) is 0.438. The molecule has 0 aliphatic rings. The Morgan fingerprint density at radius 1 is 0.970 bits per heavy atom. The van der Waals surface area contributed by atoms with Crippen LogP contribution in [0.25, 0.3) is 11.0 Å². The van der Waals surface area contributed by atoms with E-state index in [1.807, 2.05) is 61.5 Å². The number of hydrogen-bond acceptors (Lipinski definition) is 3. The third-order valence-corrected chi connectivity index (χ3v) is 5.85. The van der Waals surface area contributed by atoms with E-state index in [-0.39, 0.29) is 18.2 Å². The summed E-state index contributed by atoms with van der Waals surface area (Å²) in [4.78, 5) is 30.2. The molecular weight excluding hydrogens is 436 g/mol. The minimum atomic E-state index is -0.481. The first-order chi connectivity index (χ1) is 16.0. The first-order valence-electron chi connectivity index (χ1n) is 10.8. The number of hydrogen-bond donors (Lipinski definition) is 2. The molecule has 1 heterocycles. The Morgan fingerprint density at radius 3 is 2.45 bits per heavy atom. The van der Waals surface area contributed by atoms with Crippen molar-refractivity contribution >= 4 is 34.4 Å². The lowest BCUT2D eigenvalue weighted by molar-refractivity contribution is -0.121. The van der Waals surface area contributed by atoms with Crippen LogP contribution >= 0.6 is 11.6 Å². The van der Waals surface area contributed by atoms with Crippen molar-refractivity contribution in [1.29, 1.82) is 0 Å². The molecule has 7 heteroatoms. The van der Waals surface area contributed by atoms with E-state index >= 15 is 0 Å². The van der Waals surface area contributed by atoms with Crippen LogP contribution in [0, 0.1) is 6.92 Å². The van der Waals surface area contributed by atoms with Crippen LogP contribution in [0.5, 0.6) is 0 Å². The molecule has 1 unspecified atom stereocenters. The van der Waals surface area contributed by atoms with Crippen LogP contribution in [0.2, 0.25) is 5.02 Å². The third-order valence-electron chi connectivity index (χ3n) is 5.52. The zero-order valence-corrected chi connectivity index (χ0v) is 19.0. The normalized spacial score (nSPS) is 11.8. The lowest BCUT2D eigenvalue weighted by atomic mass is 10.0. The molecule has 0 aliphatic carbocycles. The number of para-hydroxylation sites is 2. The molecule has 0 spiro atoms. The Morgan fingerprint density at radius 2 is 1.67 bits per heavy atom. The van der Waals surface area contributed by atoms with Gasteiger partial charge in [0.2, 0.25) is 5.91 Å². The molecule has 2 amide bonds. The highest BCUT2D eigenvalue weighted by atomic mass is 35.5. The van der Waals surface area contributed by atoms with Gasteiger partial charge in [0.15, 0.2) is 0 Å². The summed E-state index contributed by atoms with van der Waals surface area (Å²) in [6.07, 6.45) is 0.115. The molecule has 33 heavy (non-hydrogen) atoms. The van der Waals surface area contributed by atoms with Crippen LogP contribution in [0.15, 0.2) is 78.9 Å². The molecule has 168 valence electrons. The molecule has 0 radical (unpaired) electrons. The number of fused-ring (bicyclic) bond motifs is 1. The molecule has 2 N–H and O–H groups in total. The fourth-order valence-electron chi connectivity index (χ4n) is 3.86. The Kier molecular flexibility index (Phi) is 7.05. The van der Waals surface area contributed by atoms with Crippen molar-refractivity contribution < 1.29 is 9.59 Å². The van der Waals surface area contributed by atoms with Crippen molar-refractivity contribution in [3.63, 3.8) is 0 Å². The molecule has 4 rings (SSSR count). The molecular formula is C26H25ClN4O2. The Balaban J connectivity index is 1.41. The van der Waals surface area contributed by atoms with Gasteiger partial charge in [-0.15, -0.1) is 0 Å². The van der Waals surface area contributed by atoms with Gasteiger partial charge in [-0.1, -0.05) is 66.2 Å². The zero-order valence-electron chi connectivity index (χ0n) is 18.3. The van der Waals surface area contributed by atoms with Gasteiger partial charge in [-0.3, -0.25) is 9.59 Å². The molecule has 6 nitrogen and oxygen atoms in total. The molecule has 0 bridgehead atoms. The Hall–Kier alpha value is -3.64. The molecule has 0 fully saturated rings. The van der Waals surface area contributed by atoms with Crippen molar-refractivity contribution in [3.8, 4) is 0 Å². The topological polar surface area (TPSA) is 76.0 Å². The zero-order chi connectivity index (χ0) is 23.2. The summed E-state index contributed by atoms with van der Waals surface area (Å²) in [5.41, 5.74) is 3.21. The number of amides is 2. The summed E-state index contributed by atoms with van der Waals surface area (Å²) in [6.45, 7) is 3.03. The smallest absolute Gasteiger partial charge is 0.253 e. The van der Waals surface area contributed by atoms with Crippen molar-refractivity contribution in [2.24, 2.45) is 0 Å². The molecule has 0 saturated heterocycles. The van der Waals surface area contributed by atoms with Crippen LogP contribution < -0.4 is 10.6 Å². The number of aromatic nitrogens is 2. The minimum Gasteiger partial charge on any atom is -0.354 e. The van der Waals surface area contributed by atoms with Gasteiger partial charge < -0.3 is 15.2 Å². The number of aryl methyl sites for hydroxylation is 1. The predicted octanol–water partition coefficient (Wildman–Crippen LogP) is 4.68. The number of imidazole rings is 1. The summed E-state index contributed by atoms with van der Waals surface area (Å²) >= 11 is 6.18. The van der Waals surface area contributed by atoms with E-state index in [1.54, 1.807) is 24.3 Å². The van der Waals surface area contributed by atoms with Gasteiger partial charge in [0.1, 0.15) is 5.82 Å². The Labute approximate surface area is 197 Å². The molecule has 4 aromatic rings. The Bertz CT molecular complexity index is 1270. The van der Waals surface area contributed by atoms with E-state index in [0.29, 0.717) is 23.7 Å². The monoisotopic (exact) mass is 460 g/mol. The first kappa shape index (κ1) is 22.6. The van der Waals surface area contributed by atoms with E-state index in [0.717, 1.165) is 22.4 Å². The van der Waals surface area contributed by atoms with Crippen molar-refractivity contribution in [3.05, 3.63) is 101 Å². The average Bonchev–Trinajstić information content (AvgIpc) is 3.14. The van der Waals surface area contributed by atoms with Gasteiger partial charge >= 0.3 is 0 Å². The number of nitrogens with one attached hydrogen (secondary N) is 2. The number of benzene rings is 3. The number of carbonyl (C=O) groups excluding carboxylic acids is 2. The second kappa shape index (κ2) is 10.3. The van der Waals surface area contributed by atoms with E-state index in [2.05, 4.69) is 20.2 Å². The van der Waals surface area contributed by atoms with Gasteiger partial charge in [0.25, 0.3) is 5.91 Å². The summed E-state index contributed by atoms with van der Waals surface area (Å²) < 4.78 is 2.09. The predicted molar refractivity (Wildman–Crippen MR) is 130 cm³/mol. The van der Waals surface area contributed by atoms with E-state index in [9.17, 15) is 9.59 Å². The number of nitrogens with zero attached hydrogens (tertiary/aromatic N) is 2. The van der Waals surface area contributed by atoms with Crippen LogP contribution in [-0.2, 0) is 11.3 Å². The van der Waals surface area contributed by atoms with Crippen LogP contribution in [0.4, 0.5) is 0 Å². The summed E-state index contributed by atoms with van der Waals surface area (Å²) in [7, 11) is 0. The van der Waals surface area contributed by atoms with E-state index < -0.39 is 6.04 Å². The van der Waals surface area contributed by atoms with Gasteiger partial charge in [-0.05, 0) is 36.8 Å². The quantitative estimate of drug-likeness (QED) is 0.401. The van der Waals surface area contributed by atoms with E-state index in [1.165, 1.54) is 0 Å². The fraction of sp³-hybridized carbons (Fsp3) is 0.192. The third kappa shape index (κ3) is 5.41. The fourth-order valence-corrected chi connectivity index (χ4v) is 4.08. The second-order valence-corrected chi connectivity index (χ2v) is 8.18. The molecule has 3 aromatic carbocycles. The largest absolute Gasteiger partial charge is 0.354 e. The second-order valence-electron chi connectivity index (χ2n) is 7.77. The first-order valence-corrected chi connectivity index (χ1v) is 11.2. The highest BCUT2D eigenvalue weighted by molar-refractivity contribution is 6.33. The SMILES string of the molecule is Cc1nc2ccccc2n1CCNC(=O)CC(NC(=O)c1ccccc1Cl)c1ccccc1. The van der Waals surface area contributed by atoms with Crippen LogP contribution in [0.3, 0.4) is 0 Å². The van der Waals surface area contributed by atoms with Crippen LogP contribution in [-0.4, -0.2) is 27.9 Å². The van der Waals surface area contributed by atoms with Gasteiger partial charge in [0, 0.05) is 13.1 Å². The number of carbonyl (C=O) groups is 2. The number of rotatable bonds is 8. The van der Waals surface area contributed by atoms with Crippen molar-refractivity contribution in [2.75, 3.05) is 6.54 Å². The average molecular weight is 461 g/mol. The van der Waals surface area contributed by atoms with Crippen LogP contribution in [0.1, 0.15) is 34.2 Å². The lowest BCUT2D eigenvalue weighted by Crippen LogP contribution is -2.35. The molecule has 0 aliphatic heterocycles. The maximum atomic E-state index is 12.8. The summed E-state index contributed by atoms with van der Waals surface area (Å²) in [5, 5.41) is 6.30. The molecule has 0 saturated carbocycles. The standard InChI is InChI=1S/C26H25ClN4O2/c1-18-29-22-13-7-8-14-24(22)31(18)16-15-28-25(32)17-23(19-9-3-2-4-10-19)30-26(33)20-11-5-6-12-21(20)27/h2-14,23H,15-17H2,1H3,(H,28,32)(H,30,33). The minimum absolute atomic E-state index is 0.115. The summed E-state index contributed by atoms with van der Waals surface area (Å²) in [6, 6.07) is 23.8.